The monoisotopic (exact) mass is 462 g/mol. The molecular weight excluding hydrogens is 440 g/mol. The molecule has 0 bridgehead atoms. The van der Waals surface area contributed by atoms with Gasteiger partial charge in [-0.15, -0.1) is 0 Å². The quantitative estimate of drug-likeness (QED) is 0.526. The molecular formula is C20H22N4O5S2. The van der Waals surface area contributed by atoms with Crippen LogP contribution < -0.4 is 14.2 Å². The highest BCUT2D eigenvalue weighted by Gasteiger charge is 2.18. The number of hydrogen-bond acceptors (Lipinski definition) is 7. The van der Waals surface area contributed by atoms with Gasteiger partial charge in [0, 0.05) is 17.1 Å². The van der Waals surface area contributed by atoms with Gasteiger partial charge in [-0.1, -0.05) is 0 Å². The Labute approximate surface area is 181 Å². The van der Waals surface area contributed by atoms with Crippen LogP contribution in [0.2, 0.25) is 0 Å². The molecule has 164 valence electrons. The minimum Gasteiger partial charge on any atom is -0.494 e. The molecule has 11 heteroatoms. The summed E-state index contributed by atoms with van der Waals surface area (Å²) in [4.78, 5) is 8.12. The molecule has 0 unspecified atom stereocenters. The third-order valence-electron chi connectivity index (χ3n) is 4.07. The van der Waals surface area contributed by atoms with Crippen LogP contribution in [0.1, 0.15) is 18.3 Å². The number of nitrogens with one attached hydrogen (secondary N) is 2. The zero-order valence-electron chi connectivity index (χ0n) is 17.2. The van der Waals surface area contributed by atoms with Gasteiger partial charge >= 0.3 is 0 Å². The van der Waals surface area contributed by atoms with Gasteiger partial charge in [-0.05, 0) is 75.4 Å². The van der Waals surface area contributed by atoms with Gasteiger partial charge in [0.1, 0.15) is 5.75 Å². The van der Waals surface area contributed by atoms with E-state index >= 15 is 0 Å². The van der Waals surface area contributed by atoms with Crippen molar-refractivity contribution in [3.63, 3.8) is 0 Å². The first kappa shape index (κ1) is 22.5. The second-order valence-electron chi connectivity index (χ2n) is 6.61. The standard InChI is InChI=1S/C20H22N4O5S2/c1-4-29-17-7-11-19(12-8-17)30(25,26)23-16-5-9-18(10-6-16)31(27,28)24-20-21-14(2)13-15(3)22-20/h5-13,23H,4H2,1-3H3,(H,21,22,24). The number of sulfonamides is 2. The number of rotatable bonds is 8. The number of nitrogens with zero attached hydrogens (tertiary/aromatic N) is 2. The third kappa shape index (κ3) is 5.70. The zero-order chi connectivity index (χ0) is 22.6. The lowest BCUT2D eigenvalue weighted by atomic mass is 10.3. The smallest absolute Gasteiger partial charge is 0.264 e. The second kappa shape index (κ2) is 8.90. The Morgan fingerprint density at radius 2 is 1.26 bits per heavy atom. The number of hydrogen-bond donors (Lipinski definition) is 2. The molecule has 1 heterocycles. The van der Waals surface area contributed by atoms with Crippen LogP contribution >= 0.6 is 0 Å². The van der Waals surface area contributed by atoms with Crippen LogP contribution in [0, 0.1) is 13.8 Å². The lowest BCUT2D eigenvalue weighted by Crippen LogP contribution is -2.16. The summed E-state index contributed by atoms with van der Waals surface area (Å²) in [6.45, 7) is 5.78. The fourth-order valence-electron chi connectivity index (χ4n) is 2.75. The molecule has 0 aliphatic rings. The number of anilines is 2. The summed E-state index contributed by atoms with van der Waals surface area (Å²) in [6.07, 6.45) is 0. The van der Waals surface area contributed by atoms with Gasteiger partial charge < -0.3 is 4.74 Å². The van der Waals surface area contributed by atoms with Crippen LogP contribution in [0.25, 0.3) is 0 Å². The minimum absolute atomic E-state index is 0.0298. The van der Waals surface area contributed by atoms with Crippen molar-refractivity contribution in [1.82, 2.24) is 9.97 Å². The Hall–Kier alpha value is -3.18. The van der Waals surface area contributed by atoms with Crippen molar-refractivity contribution in [3.8, 4) is 5.75 Å². The molecule has 9 nitrogen and oxygen atoms in total. The average Bonchev–Trinajstić information content (AvgIpc) is 2.67. The van der Waals surface area contributed by atoms with Crippen molar-refractivity contribution in [2.45, 2.75) is 30.6 Å². The van der Waals surface area contributed by atoms with E-state index in [2.05, 4.69) is 19.4 Å². The van der Waals surface area contributed by atoms with Crippen molar-refractivity contribution in [3.05, 3.63) is 66.0 Å². The second-order valence-corrected chi connectivity index (χ2v) is 9.98. The first-order chi connectivity index (χ1) is 14.6. The average molecular weight is 463 g/mol. The van der Waals surface area contributed by atoms with Crippen LogP contribution in [0.5, 0.6) is 5.75 Å². The topological polar surface area (TPSA) is 127 Å². The molecule has 0 aliphatic heterocycles. The summed E-state index contributed by atoms with van der Waals surface area (Å²) in [6, 6.07) is 13.0. The van der Waals surface area contributed by atoms with Crippen LogP contribution in [0.4, 0.5) is 11.6 Å². The van der Waals surface area contributed by atoms with Gasteiger partial charge in [0.25, 0.3) is 20.0 Å². The van der Waals surface area contributed by atoms with E-state index < -0.39 is 20.0 Å². The van der Waals surface area contributed by atoms with E-state index in [9.17, 15) is 16.8 Å². The van der Waals surface area contributed by atoms with Crippen molar-refractivity contribution < 1.29 is 21.6 Å². The van der Waals surface area contributed by atoms with Gasteiger partial charge in [0.2, 0.25) is 5.95 Å². The van der Waals surface area contributed by atoms with Crippen LogP contribution in [0.15, 0.2) is 64.4 Å². The summed E-state index contributed by atoms with van der Waals surface area (Å²) < 4.78 is 60.3. The Morgan fingerprint density at radius 1 is 0.774 bits per heavy atom. The molecule has 0 amide bonds. The predicted octanol–water partition coefficient (Wildman–Crippen LogP) is 3.09. The van der Waals surface area contributed by atoms with E-state index in [1.165, 1.54) is 36.4 Å². The summed E-state index contributed by atoms with van der Waals surface area (Å²) >= 11 is 0. The SMILES string of the molecule is CCOc1ccc(S(=O)(=O)Nc2ccc(S(=O)(=O)Nc3nc(C)cc(C)n3)cc2)cc1. The van der Waals surface area contributed by atoms with Crippen LogP contribution in [-0.4, -0.2) is 33.4 Å². The van der Waals surface area contributed by atoms with Crippen molar-refractivity contribution in [1.29, 1.82) is 0 Å². The minimum atomic E-state index is -3.94. The van der Waals surface area contributed by atoms with Gasteiger partial charge in [-0.25, -0.2) is 31.5 Å². The largest absolute Gasteiger partial charge is 0.494 e. The van der Waals surface area contributed by atoms with E-state index in [1.807, 2.05) is 6.92 Å². The molecule has 2 N–H and O–H groups in total. The number of aryl methyl sites for hydroxylation is 2. The molecule has 0 atom stereocenters. The van der Waals surface area contributed by atoms with Crippen LogP contribution in [0.3, 0.4) is 0 Å². The molecule has 0 fully saturated rings. The molecule has 0 spiro atoms. The van der Waals surface area contributed by atoms with E-state index in [-0.39, 0.29) is 21.4 Å². The third-order valence-corrected chi connectivity index (χ3v) is 6.81. The van der Waals surface area contributed by atoms with E-state index in [4.69, 9.17) is 4.74 Å². The maximum atomic E-state index is 12.6. The molecule has 2 aromatic carbocycles. The van der Waals surface area contributed by atoms with E-state index in [0.29, 0.717) is 23.7 Å². The Morgan fingerprint density at radius 3 is 1.77 bits per heavy atom. The molecule has 1 aromatic heterocycles. The van der Waals surface area contributed by atoms with E-state index in [0.717, 1.165) is 0 Å². The molecule has 3 rings (SSSR count). The van der Waals surface area contributed by atoms with Gasteiger partial charge in [0.05, 0.1) is 16.4 Å². The van der Waals surface area contributed by atoms with Gasteiger partial charge in [0.15, 0.2) is 0 Å². The molecule has 3 aromatic rings. The number of benzene rings is 2. The lowest BCUT2D eigenvalue weighted by Gasteiger charge is -2.11. The summed E-state index contributed by atoms with van der Waals surface area (Å²) in [7, 11) is -7.78. The number of aromatic nitrogens is 2. The van der Waals surface area contributed by atoms with Gasteiger partial charge in [-0.3, -0.25) is 4.72 Å². The zero-order valence-corrected chi connectivity index (χ0v) is 18.8. The molecule has 0 radical (unpaired) electrons. The molecule has 31 heavy (non-hydrogen) atoms. The highest BCUT2D eigenvalue weighted by Crippen LogP contribution is 2.21. The maximum absolute atomic E-state index is 12.6. The van der Waals surface area contributed by atoms with E-state index in [1.54, 1.807) is 32.0 Å². The first-order valence-corrected chi connectivity index (χ1v) is 12.3. The number of ether oxygens (including phenoxy) is 1. The Balaban J connectivity index is 1.75. The fourth-order valence-corrected chi connectivity index (χ4v) is 4.75. The van der Waals surface area contributed by atoms with Gasteiger partial charge in [-0.2, -0.15) is 0 Å². The summed E-state index contributed by atoms with van der Waals surface area (Å²) in [5.41, 5.74) is 1.48. The molecule has 0 saturated heterocycles. The van der Waals surface area contributed by atoms with Crippen molar-refractivity contribution >= 4 is 31.7 Å². The van der Waals surface area contributed by atoms with Crippen LogP contribution in [-0.2, 0) is 20.0 Å². The fraction of sp³-hybridized carbons (Fsp3) is 0.200. The predicted molar refractivity (Wildman–Crippen MR) is 117 cm³/mol. The highest BCUT2D eigenvalue weighted by molar-refractivity contribution is 7.93. The normalized spacial score (nSPS) is 11.7. The Kier molecular flexibility index (Phi) is 6.46. The van der Waals surface area contributed by atoms with Crippen molar-refractivity contribution in [2.75, 3.05) is 16.1 Å². The lowest BCUT2D eigenvalue weighted by molar-refractivity contribution is 0.340. The summed E-state index contributed by atoms with van der Waals surface area (Å²) in [5.74, 6) is 0.536. The van der Waals surface area contributed by atoms with Crippen molar-refractivity contribution in [2.24, 2.45) is 0 Å². The maximum Gasteiger partial charge on any atom is 0.264 e. The molecule has 0 aliphatic carbocycles. The highest BCUT2D eigenvalue weighted by atomic mass is 32.2. The first-order valence-electron chi connectivity index (χ1n) is 9.30. The Bertz CT molecular complexity index is 1250. The summed E-state index contributed by atoms with van der Waals surface area (Å²) in [5, 5.41) is 0. The molecule has 0 saturated carbocycles.